The number of nitrogens with one attached hydrogen (secondary N) is 1. The first-order valence-corrected chi connectivity index (χ1v) is 8.56. The van der Waals surface area contributed by atoms with E-state index < -0.39 is 4.92 Å². The van der Waals surface area contributed by atoms with Crippen molar-refractivity contribution in [1.82, 2.24) is 0 Å². The van der Waals surface area contributed by atoms with Crippen molar-refractivity contribution in [2.45, 2.75) is 13.0 Å². The lowest BCUT2D eigenvalue weighted by Gasteiger charge is -2.14. The average Bonchev–Trinajstić information content (AvgIpc) is 2.55. The van der Waals surface area contributed by atoms with Gasteiger partial charge in [-0.15, -0.1) is 0 Å². The van der Waals surface area contributed by atoms with Crippen LogP contribution in [0.2, 0.25) is 0 Å². The summed E-state index contributed by atoms with van der Waals surface area (Å²) in [6, 6.07) is 13.4. The Morgan fingerprint density at radius 2 is 1.91 bits per heavy atom. The maximum atomic E-state index is 12.4. The molecule has 0 fully saturated rings. The summed E-state index contributed by atoms with van der Waals surface area (Å²) in [6.07, 6.45) is 1.98. The van der Waals surface area contributed by atoms with Crippen LogP contribution in [0, 0.1) is 10.1 Å². The van der Waals surface area contributed by atoms with Crippen molar-refractivity contribution in [3.05, 3.63) is 69.8 Å². The molecule has 6 heteroatoms. The second-order valence-corrected chi connectivity index (χ2v) is 6.10. The van der Waals surface area contributed by atoms with Crippen molar-refractivity contribution < 1.29 is 9.72 Å². The lowest BCUT2D eigenvalue weighted by Crippen LogP contribution is -2.18. The molecule has 0 saturated carbocycles. The van der Waals surface area contributed by atoms with E-state index in [2.05, 4.69) is 5.32 Å². The Labute approximate surface area is 139 Å². The lowest BCUT2D eigenvalue weighted by molar-refractivity contribution is -0.384. The standard InChI is InChI=1S/C17H18N2O3S/c1-12(11-23-2)18-15-9-8-14(10-16(15)19(21)22)17(20)13-6-4-3-5-7-13/h3-10,12,18H,11H2,1-2H3. The number of rotatable bonds is 7. The summed E-state index contributed by atoms with van der Waals surface area (Å²) < 4.78 is 0. The molecule has 2 aromatic carbocycles. The zero-order chi connectivity index (χ0) is 16.8. The van der Waals surface area contributed by atoms with Gasteiger partial charge in [0.05, 0.1) is 4.92 Å². The third-order valence-corrected chi connectivity index (χ3v) is 4.14. The van der Waals surface area contributed by atoms with Crippen molar-refractivity contribution in [2.75, 3.05) is 17.3 Å². The Bertz CT molecular complexity index is 704. The summed E-state index contributed by atoms with van der Waals surface area (Å²) >= 11 is 1.66. The van der Waals surface area contributed by atoms with E-state index in [0.29, 0.717) is 16.8 Å². The Hall–Kier alpha value is -2.34. The van der Waals surface area contributed by atoms with Crippen LogP contribution in [0.3, 0.4) is 0 Å². The largest absolute Gasteiger partial charge is 0.376 e. The van der Waals surface area contributed by atoms with Crippen LogP contribution in [0.25, 0.3) is 0 Å². The number of hydrogen-bond donors (Lipinski definition) is 1. The summed E-state index contributed by atoms with van der Waals surface area (Å²) in [7, 11) is 0. The fourth-order valence-electron chi connectivity index (χ4n) is 2.26. The van der Waals surface area contributed by atoms with E-state index >= 15 is 0 Å². The normalized spacial score (nSPS) is 11.7. The van der Waals surface area contributed by atoms with Crippen LogP contribution < -0.4 is 5.32 Å². The minimum atomic E-state index is -0.462. The molecule has 0 aliphatic rings. The highest BCUT2D eigenvalue weighted by molar-refractivity contribution is 7.98. The third kappa shape index (κ3) is 4.32. The predicted molar refractivity (Wildman–Crippen MR) is 94.4 cm³/mol. The van der Waals surface area contributed by atoms with E-state index in [-0.39, 0.29) is 17.5 Å². The van der Waals surface area contributed by atoms with Gasteiger partial charge in [-0.2, -0.15) is 11.8 Å². The van der Waals surface area contributed by atoms with Crippen LogP contribution in [0.15, 0.2) is 48.5 Å². The van der Waals surface area contributed by atoms with Crippen LogP contribution >= 0.6 is 11.8 Å². The van der Waals surface area contributed by atoms with E-state index in [4.69, 9.17) is 0 Å². The monoisotopic (exact) mass is 330 g/mol. The topological polar surface area (TPSA) is 72.2 Å². The summed E-state index contributed by atoms with van der Waals surface area (Å²) in [5.41, 5.74) is 1.17. The fraction of sp³-hybridized carbons (Fsp3) is 0.235. The van der Waals surface area contributed by atoms with Gasteiger partial charge in [0.1, 0.15) is 5.69 Å². The van der Waals surface area contributed by atoms with Gasteiger partial charge in [0.15, 0.2) is 5.78 Å². The van der Waals surface area contributed by atoms with Gasteiger partial charge in [0, 0.05) is 29.0 Å². The Morgan fingerprint density at radius 3 is 2.52 bits per heavy atom. The molecule has 1 N–H and O–H groups in total. The number of nitro benzene ring substituents is 1. The van der Waals surface area contributed by atoms with E-state index in [1.54, 1.807) is 48.2 Å². The first-order valence-electron chi connectivity index (χ1n) is 7.16. The van der Waals surface area contributed by atoms with Crippen molar-refractivity contribution in [3.63, 3.8) is 0 Å². The SMILES string of the molecule is CSCC(C)Nc1ccc(C(=O)c2ccccc2)cc1[N+](=O)[O-]. The molecular weight excluding hydrogens is 312 g/mol. The zero-order valence-corrected chi connectivity index (χ0v) is 13.8. The molecule has 5 nitrogen and oxygen atoms in total. The molecular formula is C17H18N2O3S. The number of anilines is 1. The van der Waals surface area contributed by atoms with E-state index in [0.717, 1.165) is 5.75 Å². The van der Waals surface area contributed by atoms with E-state index in [1.807, 2.05) is 19.2 Å². The van der Waals surface area contributed by atoms with Crippen LogP contribution in [0.4, 0.5) is 11.4 Å². The molecule has 2 aromatic rings. The lowest BCUT2D eigenvalue weighted by atomic mass is 10.0. The van der Waals surface area contributed by atoms with Crippen LogP contribution in [0.1, 0.15) is 22.8 Å². The van der Waals surface area contributed by atoms with E-state index in [1.165, 1.54) is 6.07 Å². The van der Waals surface area contributed by atoms with Gasteiger partial charge in [0.25, 0.3) is 5.69 Å². The number of nitro groups is 1. The molecule has 0 spiro atoms. The van der Waals surface area contributed by atoms with Gasteiger partial charge in [-0.05, 0) is 25.3 Å². The number of carbonyl (C=O) groups is 1. The van der Waals surface area contributed by atoms with Crippen molar-refractivity contribution in [2.24, 2.45) is 0 Å². The summed E-state index contributed by atoms with van der Waals surface area (Å²) in [6.45, 7) is 1.96. The molecule has 0 aliphatic heterocycles. The Morgan fingerprint density at radius 1 is 1.22 bits per heavy atom. The van der Waals surface area contributed by atoms with Gasteiger partial charge >= 0.3 is 0 Å². The third-order valence-electron chi connectivity index (χ3n) is 3.31. The number of ketones is 1. The van der Waals surface area contributed by atoms with Gasteiger partial charge in [0.2, 0.25) is 0 Å². The number of hydrogen-bond acceptors (Lipinski definition) is 5. The Kier molecular flexibility index (Phi) is 5.76. The highest BCUT2D eigenvalue weighted by Crippen LogP contribution is 2.27. The fourth-order valence-corrected chi connectivity index (χ4v) is 2.84. The molecule has 0 bridgehead atoms. The second kappa shape index (κ2) is 7.78. The molecule has 0 saturated heterocycles. The second-order valence-electron chi connectivity index (χ2n) is 5.18. The quantitative estimate of drug-likeness (QED) is 0.472. The van der Waals surface area contributed by atoms with E-state index in [9.17, 15) is 14.9 Å². The molecule has 2 rings (SSSR count). The summed E-state index contributed by atoms with van der Waals surface area (Å²) in [5.74, 6) is 0.611. The maximum absolute atomic E-state index is 12.4. The van der Waals surface area contributed by atoms with Crippen molar-refractivity contribution in [1.29, 1.82) is 0 Å². The molecule has 0 aliphatic carbocycles. The van der Waals surface area contributed by atoms with Gasteiger partial charge in [-0.1, -0.05) is 30.3 Å². The average molecular weight is 330 g/mol. The number of nitrogens with zero attached hydrogens (tertiary/aromatic N) is 1. The molecule has 1 atom stereocenters. The smallest absolute Gasteiger partial charge is 0.293 e. The number of carbonyl (C=O) groups excluding carboxylic acids is 1. The number of thioether (sulfide) groups is 1. The van der Waals surface area contributed by atoms with Crippen LogP contribution in [-0.4, -0.2) is 28.8 Å². The number of benzene rings is 2. The first-order chi connectivity index (χ1) is 11.0. The first kappa shape index (κ1) is 17.0. The van der Waals surface area contributed by atoms with Crippen molar-refractivity contribution in [3.8, 4) is 0 Å². The minimum absolute atomic E-state index is 0.0836. The Balaban J connectivity index is 2.32. The van der Waals surface area contributed by atoms with Crippen molar-refractivity contribution >= 4 is 28.9 Å². The van der Waals surface area contributed by atoms with Gasteiger partial charge < -0.3 is 5.32 Å². The van der Waals surface area contributed by atoms with Crippen LogP contribution in [0.5, 0.6) is 0 Å². The highest BCUT2D eigenvalue weighted by Gasteiger charge is 2.19. The molecule has 1 unspecified atom stereocenters. The summed E-state index contributed by atoms with van der Waals surface area (Å²) in [5, 5.41) is 14.4. The summed E-state index contributed by atoms with van der Waals surface area (Å²) in [4.78, 5) is 23.3. The molecule has 23 heavy (non-hydrogen) atoms. The van der Waals surface area contributed by atoms with Crippen LogP contribution in [-0.2, 0) is 0 Å². The molecule has 0 amide bonds. The minimum Gasteiger partial charge on any atom is -0.376 e. The highest BCUT2D eigenvalue weighted by atomic mass is 32.2. The zero-order valence-electron chi connectivity index (χ0n) is 13.0. The predicted octanol–water partition coefficient (Wildman–Crippen LogP) is 3.99. The molecule has 0 aromatic heterocycles. The van der Waals surface area contributed by atoms with Gasteiger partial charge in [-0.25, -0.2) is 0 Å². The molecule has 120 valence electrons. The molecule has 0 heterocycles. The maximum Gasteiger partial charge on any atom is 0.293 e. The molecule has 0 radical (unpaired) electrons. The van der Waals surface area contributed by atoms with Gasteiger partial charge in [-0.3, -0.25) is 14.9 Å².